The maximum absolute atomic E-state index is 13.8. The Morgan fingerprint density at radius 1 is 1.29 bits per heavy atom. The van der Waals surface area contributed by atoms with Gasteiger partial charge in [-0.2, -0.15) is 0 Å². The Hall–Kier alpha value is -1.40. The minimum atomic E-state index is -0.491. The van der Waals surface area contributed by atoms with E-state index in [2.05, 4.69) is 0 Å². The van der Waals surface area contributed by atoms with Crippen LogP contribution in [0.1, 0.15) is 20.7 Å². The second-order valence-electron chi connectivity index (χ2n) is 4.87. The summed E-state index contributed by atoms with van der Waals surface area (Å²) in [6.45, 7) is 2.10. The molecule has 0 radical (unpaired) electrons. The van der Waals surface area contributed by atoms with Crippen molar-refractivity contribution in [1.29, 1.82) is 0 Å². The van der Waals surface area contributed by atoms with Gasteiger partial charge in [0.05, 0.1) is 12.3 Å². The lowest BCUT2D eigenvalue weighted by atomic mass is 10.2. The monoisotopic (exact) mass is 325 g/mol. The summed E-state index contributed by atoms with van der Waals surface area (Å²) < 4.78 is 27.0. The highest BCUT2D eigenvalue weighted by molar-refractivity contribution is 8.00. The summed E-state index contributed by atoms with van der Waals surface area (Å²) in [6.07, 6.45) is 0. The second-order valence-corrected chi connectivity index (χ2v) is 7.26. The number of carbonyl (C=O) groups is 1. The molecule has 0 spiro atoms. The van der Waals surface area contributed by atoms with Gasteiger partial charge >= 0.3 is 0 Å². The highest BCUT2D eigenvalue weighted by Crippen LogP contribution is 2.42. The first kappa shape index (κ1) is 14.5. The molecule has 2 aromatic rings. The Kier molecular flexibility index (Phi) is 3.99. The van der Waals surface area contributed by atoms with Gasteiger partial charge in [-0.1, -0.05) is 0 Å². The minimum absolute atomic E-state index is 0.0419. The number of thiophene rings is 1. The maximum atomic E-state index is 13.8. The summed E-state index contributed by atoms with van der Waals surface area (Å²) in [6, 6.07) is 7.33. The number of carbonyl (C=O) groups excluding carboxylic acids is 1. The van der Waals surface area contributed by atoms with Crippen molar-refractivity contribution in [2.24, 2.45) is 0 Å². The Bertz CT molecular complexity index is 686. The highest BCUT2D eigenvalue weighted by Gasteiger charge is 2.34. The topological polar surface area (TPSA) is 20.3 Å². The van der Waals surface area contributed by atoms with Gasteiger partial charge in [0.25, 0.3) is 0 Å². The lowest BCUT2D eigenvalue weighted by Gasteiger charge is -2.23. The van der Waals surface area contributed by atoms with E-state index < -0.39 is 11.6 Å². The van der Waals surface area contributed by atoms with Crippen LogP contribution in [0.25, 0.3) is 0 Å². The van der Waals surface area contributed by atoms with E-state index in [1.807, 2.05) is 19.1 Å². The zero-order valence-corrected chi connectivity index (χ0v) is 12.9. The van der Waals surface area contributed by atoms with Crippen LogP contribution in [0.3, 0.4) is 0 Å². The molecule has 1 aromatic carbocycles. The third-order valence-corrected chi connectivity index (χ3v) is 5.76. The number of halogens is 2. The molecule has 1 amide bonds. The summed E-state index contributed by atoms with van der Waals surface area (Å²) in [4.78, 5) is 15.9. The summed E-state index contributed by atoms with van der Waals surface area (Å²) in [5.41, 5.74) is 0.212. The van der Waals surface area contributed by atoms with E-state index in [-0.39, 0.29) is 23.4 Å². The SMILES string of the molecule is Cc1ccc(C2SCC(=O)N2Cc2cc(F)ccc2F)s1. The Balaban J connectivity index is 1.88. The molecule has 0 aliphatic carbocycles. The van der Waals surface area contributed by atoms with E-state index in [4.69, 9.17) is 0 Å². The van der Waals surface area contributed by atoms with Gasteiger partial charge in [-0.3, -0.25) is 4.79 Å². The fraction of sp³-hybridized carbons (Fsp3) is 0.267. The van der Waals surface area contributed by atoms with Gasteiger partial charge < -0.3 is 4.90 Å². The zero-order valence-electron chi connectivity index (χ0n) is 11.3. The normalized spacial score (nSPS) is 18.5. The Morgan fingerprint density at radius 3 is 2.81 bits per heavy atom. The number of hydrogen-bond acceptors (Lipinski definition) is 3. The van der Waals surface area contributed by atoms with Crippen LogP contribution in [0, 0.1) is 18.6 Å². The third kappa shape index (κ3) is 2.96. The second kappa shape index (κ2) is 5.77. The Morgan fingerprint density at radius 2 is 2.10 bits per heavy atom. The van der Waals surface area contributed by atoms with E-state index in [0.29, 0.717) is 5.75 Å². The zero-order chi connectivity index (χ0) is 15.0. The number of nitrogens with zero attached hydrogens (tertiary/aromatic N) is 1. The van der Waals surface area contributed by atoms with Gasteiger partial charge in [0.2, 0.25) is 5.91 Å². The first-order valence-corrected chi connectivity index (χ1v) is 8.32. The number of hydrogen-bond donors (Lipinski definition) is 0. The van der Waals surface area contributed by atoms with Crippen LogP contribution in [0.4, 0.5) is 8.78 Å². The Labute approximate surface area is 129 Å². The molecule has 1 aliphatic rings. The van der Waals surface area contributed by atoms with Crippen molar-refractivity contribution in [1.82, 2.24) is 4.90 Å². The molecule has 0 saturated carbocycles. The van der Waals surface area contributed by atoms with Gasteiger partial charge in [0, 0.05) is 15.3 Å². The molecule has 0 bridgehead atoms. The third-order valence-electron chi connectivity index (χ3n) is 3.32. The van der Waals surface area contributed by atoms with Gasteiger partial charge in [0.1, 0.15) is 17.0 Å². The summed E-state index contributed by atoms with van der Waals surface area (Å²) in [5, 5.41) is -0.112. The van der Waals surface area contributed by atoms with Crippen molar-refractivity contribution in [2.75, 3.05) is 5.75 Å². The smallest absolute Gasteiger partial charge is 0.234 e. The largest absolute Gasteiger partial charge is 0.321 e. The van der Waals surface area contributed by atoms with Crippen LogP contribution in [0.2, 0.25) is 0 Å². The molecule has 6 heteroatoms. The van der Waals surface area contributed by atoms with Crippen molar-refractivity contribution in [2.45, 2.75) is 18.8 Å². The molecule has 3 rings (SSSR count). The number of benzene rings is 1. The molecule has 21 heavy (non-hydrogen) atoms. The minimum Gasteiger partial charge on any atom is -0.321 e. The fourth-order valence-electron chi connectivity index (χ4n) is 2.29. The molecule has 2 heterocycles. The van der Waals surface area contributed by atoms with Crippen LogP contribution >= 0.6 is 23.1 Å². The number of aryl methyl sites for hydroxylation is 1. The van der Waals surface area contributed by atoms with Gasteiger partial charge in [-0.15, -0.1) is 23.1 Å². The summed E-state index contributed by atoms with van der Waals surface area (Å²) >= 11 is 3.15. The van der Waals surface area contributed by atoms with Crippen molar-refractivity contribution < 1.29 is 13.6 Å². The average Bonchev–Trinajstić information content (AvgIpc) is 3.01. The summed E-state index contributed by atoms with van der Waals surface area (Å²) in [7, 11) is 0. The predicted octanol–water partition coefficient (Wildman–Crippen LogP) is 4.11. The standard InChI is InChI=1S/C15H13F2NOS2/c1-9-2-5-13(21-9)15-18(14(19)8-20-15)7-10-6-11(16)3-4-12(10)17/h2-6,15H,7-8H2,1H3. The van der Waals surface area contributed by atoms with Crippen molar-refractivity contribution in [3.63, 3.8) is 0 Å². The van der Waals surface area contributed by atoms with Gasteiger partial charge in [-0.25, -0.2) is 8.78 Å². The molecule has 1 unspecified atom stereocenters. The molecule has 110 valence electrons. The highest BCUT2D eigenvalue weighted by atomic mass is 32.2. The predicted molar refractivity (Wildman–Crippen MR) is 81.2 cm³/mol. The van der Waals surface area contributed by atoms with E-state index >= 15 is 0 Å². The van der Waals surface area contributed by atoms with Crippen molar-refractivity contribution in [3.8, 4) is 0 Å². The van der Waals surface area contributed by atoms with Crippen LogP contribution < -0.4 is 0 Å². The van der Waals surface area contributed by atoms with Crippen LogP contribution in [-0.2, 0) is 11.3 Å². The lowest BCUT2D eigenvalue weighted by Crippen LogP contribution is -2.27. The molecule has 1 saturated heterocycles. The van der Waals surface area contributed by atoms with Crippen LogP contribution in [0.5, 0.6) is 0 Å². The van der Waals surface area contributed by atoms with E-state index in [1.165, 1.54) is 16.6 Å². The molecular weight excluding hydrogens is 312 g/mol. The summed E-state index contributed by atoms with van der Waals surface area (Å²) in [5.74, 6) is -0.644. The van der Waals surface area contributed by atoms with Crippen LogP contribution in [0.15, 0.2) is 30.3 Å². The average molecular weight is 325 g/mol. The van der Waals surface area contributed by atoms with E-state index in [9.17, 15) is 13.6 Å². The van der Waals surface area contributed by atoms with E-state index in [0.717, 1.165) is 23.1 Å². The number of rotatable bonds is 3. The molecule has 1 aromatic heterocycles. The van der Waals surface area contributed by atoms with Gasteiger partial charge in [0.15, 0.2) is 0 Å². The van der Waals surface area contributed by atoms with Gasteiger partial charge in [-0.05, 0) is 37.3 Å². The maximum Gasteiger partial charge on any atom is 0.234 e. The molecular formula is C15H13F2NOS2. The quantitative estimate of drug-likeness (QED) is 0.846. The van der Waals surface area contributed by atoms with Crippen molar-refractivity contribution in [3.05, 3.63) is 57.3 Å². The first-order chi connectivity index (χ1) is 10.0. The molecule has 1 atom stereocenters. The fourth-order valence-corrected chi connectivity index (χ4v) is 4.60. The molecule has 1 aliphatic heterocycles. The number of thioether (sulfide) groups is 1. The van der Waals surface area contributed by atoms with E-state index in [1.54, 1.807) is 16.2 Å². The number of amides is 1. The van der Waals surface area contributed by atoms with Crippen molar-refractivity contribution >= 4 is 29.0 Å². The molecule has 2 nitrogen and oxygen atoms in total. The lowest BCUT2D eigenvalue weighted by molar-refractivity contribution is -0.128. The molecule has 0 N–H and O–H groups in total. The van der Waals surface area contributed by atoms with Crippen LogP contribution in [-0.4, -0.2) is 16.6 Å². The molecule has 1 fully saturated rings. The first-order valence-electron chi connectivity index (χ1n) is 6.46.